The van der Waals surface area contributed by atoms with Gasteiger partial charge >= 0.3 is 0 Å². The summed E-state index contributed by atoms with van der Waals surface area (Å²) in [5.74, 6) is 0.510. The van der Waals surface area contributed by atoms with Crippen LogP contribution < -0.4 is 5.32 Å². The highest BCUT2D eigenvalue weighted by molar-refractivity contribution is 7.99. The highest BCUT2D eigenvalue weighted by Crippen LogP contribution is 2.52. The van der Waals surface area contributed by atoms with E-state index >= 15 is 0 Å². The van der Waals surface area contributed by atoms with Crippen LogP contribution in [-0.2, 0) is 21.5 Å². The third kappa shape index (κ3) is 4.76. The lowest BCUT2D eigenvalue weighted by molar-refractivity contribution is -0.121. The van der Waals surface area contributed by atoms with Gasteiger partial charge in [-0.3, -0.25) is 9.69 Å². The van der Waals surface area contributed by atoms with Gasteiger partial charge in [0, 0.05) is 17.0 Å². The number of amides is 1. The summed E-state index contributed by atoms with van der Waals surface area (Å²) in [5, 5.41) is 4.05. The molecular formula is C26H31ClN2O2S. The topological polar surface area (TPSA) is 41.6 Å². The number of nitrogens with one attached hydrogen (secondary N) is 1. The number of carbonyl (C=O) groups excluding carboxylic acids is 1. The molecule has 0 aromatic heterocycles. The fraction of sp³-hybridized carbons (Fsp3) is 0.423. The number of carbonyl (C=O) groups is 1. The van der Waals surface area contributed by atoms with Gasteiger partial charge in [0.2, 0.25) is 5.91 Å². The fourth-order valence-corrected chi connectivity index (χ4v) is 5.77. The van der Waals surface area contributed by atoms with Crippen molar-refractivity contribution in [3.8, 4) is 0 Å². The number of nitrogens with zero attached hydrogens (tertiary/aromatic N) is 1. The molecular weight excluding hydrogens is 440 g/mol. The minimum absolute atomic E-state index is 0.0572. The Kier molecular flexibility index (Phi) is 7.62. The zero-order valence-corrected chi connectivity index (χ0v) is 20.1. The SMILES string of the molecule is C=CCO[C@@H]1[C@@H](NC(=O)CSC)c2ccccc2C12CCN(Cc1ccc(Cl)cc1)CC2. The highest BCUT2D eigenvalue weighted by atomic mass is 35.5. The predicted octanol–water partition coefficient (Wildman–Crippen LogP) is 4.98. The van der Waals surface area contributed by atoms with E-state index in [1.165, 1.54) is 28.5 Å². The van der Waals surface area contributed by atoms with Crippen molar-refractivity contribution in [2.75, 3.05) is 31.7 Å². The van der Waals surface area contributed by atoms with E-state index in [2.05, 4.69) is 53.2 Å². The molecule has 4 nitrogen and oxygen atoms in total. The zero-order valence-electron chi connectivity index (χ0n) is 18.6. The van der Waals surface area contributed by atoms with Crippen molar-refractivity contribution in [1.82, 2.24) is 10.2 Å². The normalized spacial score (nSPS) is 21.9. The van der Waals surface area contributed by atoms with Crippen LogP contribution in [0.5, 0.6) is 0 Å². The van der Waals surface area contributed by atoms with Crippen molar-refractivity contribution in [2.45, 2.75) is 36.9 Å². The molecule has 2 atom stereocenters. The maximum Gasteiger partial charge on any atom is 0.230 e. The van der Waals surface area contributed by atoms with Gasteiger partial charge in [-0.25, -0.2) is 0 Å². The molecule has 1 heterocycles. The van der Waals surface area contributed by atoms with Crippen LogP contribution in [-0.4, -0.2) is 48.6 Å². The minimum atomic E-state index is -0.131. The average molecular weight is 471 g/mol. The summed E-state index contributed by atoms with van der Waals surface area (Å²) < 4.78 is 6.41. The van der Waals surface area contributed by atoms with Gasteiger partial charge in [0.15, 0.2) is 0 Å². The molecule has 1 fully saturated rings. The van der Waals surface area contributed by atoms with Gasteiger partial charge < -0.3 is 10.1 Å². The van der Waals surface area contributed by atoms with E-state index in [1.807, 2.05) is 18.4 Å². The lowest BCUT2D eigenvalue weighted by Crippen LogP contribution is -2.50. The molecule has 1 amide bonds. The van der Waals surface area contributed by atoms with Gasteiger partial charge in [0.1, 0.15) is 0 Å². The number of likely N-dealkylation sites (tertiary alicyclic amines) is 1. The molecule has 1 spiro atoms. The van der Waals surface area contributed by atoms with Gasteiger partial charge in [-0.15, -0.1) is 6.58 Å². The van der Waals surface area contributed by atoms with Gasteiger partial charge in [0.05, 0.1) is 24.5 Å². The molecule has 2 aromatic carbocycles. The van der Waals surface area contributed by atoms with Crippen LogP contribution in [0, 0.1) is 0 Å². The lowest BCUT2D eigenvalue weighted by Gasteiger charge is -2.44. The van der Waals surface area contributed by atoms with Crippen molar-refractivity contribution in [2.24, 2.45) is 0 Å². The van der Waals surface area contributed by atoms with Crippen LogP contribution in [0.1, 0.15) is 35.6 Å². The van der Waals surface area contributed by atoms with Gasteiger partial charge in [-0.1, -0.05) is 54.1 Å². The molecule has 32 heavy (non-hydrogen) atoms. The number of rotatable bonds is 8. The Morgan fingerprint density at radius 3 is 2.66 bits per heavy atom. The summed E-state index contributed by atoms with van der Waals surface area (Å²) in [4.78, 5) is 15.1. The van der Waals surface area contributed by atoms with E-state index in [0.717, 1.165) is 37.5 Å². The number of halogens is 1. The monoisotopic (exact) mass is 470 g/mol. The van der Waals surface area contributed by atoms with Crippen LogP contribution in [0.4, 0.5) is 0 Å². The van der Waals surface area contributed by atoms with E-state index in [4.69, 9.17) is 16.3 Å². The second-order valence-electron chi connectivity index (χ2n) is 8.67. The number of ether oxygens (including phenoxy) is 1. The van der Waals surface area contributed by atoms with Crippen molar-refractivity contribution in [3.63, 3.8) is 0 Å². The van der Waals surface area contributed by atoms with Gasteiger partial charge in [0.25, 0.3) is 0 Å². The number of hydrogen-bond donors (Lipinski definition) is 1. The predicted molar refractivity (Wildman–Crippen MR) is 133 cm³/mol. The number of hydrogen-bond acceptors (Lipinski definition) is 4. The van der Waals surface area contributed by atoms with Crippen molar-refractivity contribution in [1.29, 1.82) is 0 Å². The van der Waals surface area contributed by atoms with E-state index < -0.39 is 0 Å². The maximum atomic E-state index is 12.6. The molecule has 0 bridgehead atoms. The Hall–Kier alpha value is -1.79. The zero-order chi connectivity index (χ0) is 22.6. The van der Waals surface area contributed by atoms with Crippen LogP contribution in [0.15, 0.2) is 61.2 Å². The smallest absolute Gasteiger partial charge is 0.230 e. The summed E-state index contributed by atoms with van der Waals surface area (Å²) in [6.45, 7) is 7.21. The molecule has 1 N–H and O–H groups in total. The number of thioether (sulfide) groups is 1. The molecule has 170 valence electrons. The lowest BCUT2D eigenvalue weighted by atomic mass is 9.71. The first-order valence-electron chi connectivity index (χ1n) is 11.1. The molecule has 1 aliphatic heterocycles. The van der Waals surface area contributed by atoms with E-state index in [0.29, 0.717) is 12.4 Å². The van der Waals surface area contributed by atoms with Crippen molar-refractivity contribution < 1.29 is 9.53 Å². The Balaban J connectivity index is 1.57. The third-order valence-corrected chi connectivity index (χ3v) is 7.54. The van der Waals surface area contributed by atoms with Crippen LogP contribution in [0.25, 0.3) is 0 Å². The molecule has 0 unspecified atom stereocenters. The number of piperidine rings is 1. The average Bonchev–Trinajstić information content (AvgIpc) is 3.04. The first-order valence-corrected chi connectivity index (χ1v) is 12.9. The summed E-state index contributed by atoms with van der Waals surface area (Å²) in [6, 6.07) is 16.5. The number of benzene rings is 2. The first kappa shape index (κ1) is 23.4. The Morgan fingerprint density at radius 2 is 1.97 bits per heavy atom. The molecule has 6 heteroatoms. The summed E-state index contributed by atoms with van der Waals surface area (Å²) in [5.41, 5.74) is 3.70. The van der Waals surface area contributed by atoms with E-state index in [1.54, 1.807) is 6.08 Å². The molecule has 4 rings (SSSR count). The standard InChI is InChI=1S/C26H31ClN2O2S/c1-3-16-31-25-24(28-23(30)18-32-2)21-6-4-5-7-22(21)26(25)12-14-29(15-13-26)17-19-8-10-20(27)11-9-19/h3-11,24-25H,1,12-18H2,2H3,(H,28,30)/t24-,25+/m0/s1. The van der Waals surface area contributed by atoms with Crippen LogP contribution >= 0.6 is 23.4 Å². The second kappa shape index (κ2) is 10.4. The molecule has 1 saturated heterocycles. The molecule has 1 aliphatic carbocycles. The maximum absolute atomic E-state index is 12.6. The summed E-state index contributed by atoms with van der Waals surface area (Å²) in [6.07, 6.45) is 5.64. The van der Waals surface area contributed by atoms with Gasteiger partial charge in [-0.2, -0.15) is 11.8 Å². The fourth-order valence-electron chi connectivity index (χ4n) is 5.30. The Bertz CT molecular complexity index is 941. The van der Waals surface area contributed by atoms with E-state index in [9.17, 15) is 4.79 Å². The van der Waals surface area contributed by atoms with Crippen LogP contribution in [0.3, 0.4) is 0 Å². The molecule has 2 aromatic rings. The first-order chi connectivity index (χ1) is 15.6. The molecule has 0 radical (unpaired) electrons. The summed E-state index contributed by atoms with van der Waals surface area (Å²) in [7, 11) is 0. The number of fused-ring (bicyclic) bond motifs is 2. The third-order valence-electron chi connectivity index (χ3n) is 6.73. The molecule has 0 saturated carbocycles. The van der Waals surface area contributed by atoms with Gasteiger partial charge in [-0.05, 0) is 61.0 Å². The largest absolute Gasteiger partial charge is 0.371 e. The summed E-state index contributed by atoms with van der Waals surface area (Å²) >= 11 is 7.58. The highest BCUT2D eigenvalue weighted by Gasteiger charge is 2.54. The molecule has 2 aliphatic rings. The van der Waals surface area contributed by atoms with E-state index in [-0.39, 0.29) is 23.5 Å². The Morgan fingerprint density at radius 1 is 1.25 bits per heavy atom. The second-order valence-corrected chi connectivity index (χ2v) is 9.97. The Labute approximate surface area is 200 Å². The van der Waals surface area contributed by atoms with Crippen molar-refractivity contribution in [3.05, 3.63) is 82.9 Å². The minimum Gasteiger partial charge on any atom is -0.371 e. The van der Waals surface area contributed by atoms with Crippen molar-refractivity contribution >= 4 is 29.3 Å². The quantitative estimate of drug-likeness (QED) is 0.552. The van der Waals surface area contributed by atoms with Crippen LogP contribution in [0.2, 0.25) is 5.02 Å².